The number of ether oxygens (including phenoxy) is 1. The predicted octanol–water partition coefficient (Wildman–Crippen LogP) is 6.66. The number of nitrogens with zero attached hydrogens (tertiary/aromatic N) is 3. The third-order valence-electron chi connectivity index (χ3n) is 7.93. The minimum atomic E-state index is -0.0577. The smallest absolute Gasteiger partial charge is 0.246 e. The van der Waals surface area contributed by atoms with Crippen molar-refractivity contribution >= 4 is 40.9 Å². The summed E-state index contributed by atoms with van der Waals surface area (Å²) in [5, 5.41) is 4.58. The van der Waals surface area contributed by atoms with Crippen LogP contribution in [0.2, 0.25) is 0 Å². The first-order valence-electron chi connectivity index (χ1n) is 15.1. The van der Waals surface area contributed by atoms with Gasteiger partial charge in [0.15, 0.2) is 5.82 Å². The Morgan fingerprint density at radius 2 is 1.72 bits per heavy atom. The largest absolute Gasteiger partial charge is 0.489 e. The second kappa shape index (κ2) is 14.6. The molecular weight excluding hydrogens is 534 g/mol. The van der Waals surface area contributed by atoms with E-state index in [0.717, 1.165) is 58.7 Å². The van der Waals surface area contributed by atoms with E-state index in [1.165, 1.54) is 19.3 Å². The molecule has 1 aliphatic rings. The molecule has 0 bridgehead atoms. The maximum atomic E-state index is 12.1. The first-order chi connectivity index (χ1) is 21.0. The quantitative estimate of drug-likeness (QED) is 0.194. The van der Waals surface area contributed by atoms with E-state index in [1.807, 2.05) is 78.9 Å². The molecule has 0 aliphatic heterocycles. The van der Waals surface area contributed by atoms with Crippen LogP contribution in [0.3, 0.4) is 0 Å². The van der Waals surface area contributed by atoms with Gasteiger partial charge in [0.05, 0.1) is 5.52 Å². The summed E-state index contributed by atoms with van der Waals surface area (Å²) < 4.78 is 5.93. The van der Waals surface area contributed by atoms with Crippen molar-refractivity contribution in [2.75, 3.05) is 32.5 Å². The summed E-state index contributed by atoms with van der Waals surface area (Å²) in [7, 11) is 3.49. The van der Waals surface area contributed by atoms with Crippen molar-refractivity contribution in [2.24, 2.45) is 17.6 Å². The zero-order valence-corrected chi connectivity index (χ0v) is 25.1. The normalized spacial score (nSPS) is 17.0. The molecule has 43 heavy (non-hydrogen) atoms. The second-order valence-electron chi connectivity index (χ2n) is 11.5. The zero-order chi connectivity index (χ0) is 30.0. The Morgan fingerprint density at radius 1 is 0.953 bits per heavy atom. The van der Waals surface area contributed by atoms with Gasteiger partial charge < -0.3 is 20.7 Å². The lowest BCUT2D eigenvalue weighted by atomic mass is 9.81. The molecule has 3 aromatic carbocycles. The van der Waals surface area contributed by atoms with Crippen molar-refractivity contribution in [2.45, 2.75) is 32.3 Å². The van der Waals surface area contributed by atoms with Gasteiger partial charge >= 0.3 is 0 Å². The van der Waals surface area contributed by atoms with E-state index in [4.69, 9.17) is 20.4 Å². The molecule has 222 valence electrons. The summed E-state index contributed by atoms with van der Waals surface area (Å²) in [5.74, 6) is 3.37. The third kappa shape index (κ3) is 8.52. The average Bonchev–Trinajstić information content (AvgIpc) is 3.05. The minimum absolute atomic E-state index is 0.0577. The topological polar surface area (TPSA) is 93.4 Å². The number of rotatable bonds is 11. The van der Waals surface area contributed by atoms with Gasteiger partial charge in [0.2, 0.25) is 5.91 Å². The van der Waals surface area contributed by atoms with Crippen LogP contribution in [-0.4, -0.2) is 48.0 Å². The van der Waals surface area contributed by atoms with E-state index in [-0.39, 0.29) is 5.91 Å². The van der Waals surface area contributed by atoms with E-state index >= 15 is 0 Å². The number of hydrogen-bond acceptors (Lipinski definition) is 6. The molecule has 1 fully saturated rings. The molecule has 7 nitrogen and oxygen atoms in total. The lowest BCUT2D eigenvalue weighted by Crippen LogP contribution is -2.26. The van der Waals surface area contributed by atoms with Crippen LogP contribution >= 0.6 is 0 Å². The van der Waals surface area contributed by atoms with Gasteiger partial charge in [-0.15, -0.1) is 0 Å². The van der Waals surface area contributed by atoms with Gasteiger partial charge in [-0.3, -0.25) is 4.79 Å². The number of nitrogens with one attached hydrogen (secondary N) is 1. The van der Waals surface area contributed by atoms with Crippen LogP contribution in [0.25, 0.3) is 29.1 Å². The van der Waals surface area contributed by atoms with E-state index in [9.17, 15) is 4.79 Å². The Hall–Kier alpha value is -4.49. The van der Waals surface area contributed by atoms with E-state index in [0.29, 0.717) is 24.3 Å². The number of anilines is 1. The SMILES string of the molecule is CN(C)C(=O)/C=C/c1ccc2nc(/C=C/c3ccc(OCc4ccccc4)cc3)nc(NCC3CCCC(CN)C3)c2c1. The molecule has 0 saturated heterocycles. The number of carbonyl (C=O) groups is 1. The zero-order valence-electron chi connectivity index (χ0n) is 25.1. The van der Waals surface area contributed by atoms with Crippen LogP contribution in [0.5, 0.6) is 5.75 Å². The standard InChI is InChI=1S/C36H41N5O2/c1-41(2)35(42)20-15-27-13-18-33-32(22-27)36(38-24-30-10-6-9-29(21-30)23-37)40-34(39-33)19-14-26-11-16-31(17-12-26)43-25-28-7-4-3-5-8-28/h3-5,7-8,11-20,22,29-30H,6,9-10,21,23-25,37H2,1-2H3,(H,38,39,40)/b19-14+,20-15+. The van der Waals surface area contributed by atoms with Gasteiger partial charge in [-0.2, -0.15) is 0 Å². The van der Waals surface area contributed by atoms with Gasteiger partial charge in [-0.1, -0.05) is 61.0 Å². The van der Waals surface area contributed by atoms with Crippen LogP contribution in [0, 0.1) is 11.8 Å². The highest BCUT2D eigenvalue weighted by Crippen LogP contribution is 2.30. The summed E-state index contributed by atoms with van der Waals surface area (Å²) >= 11 is 0. The molecule has 2 unspecified atom stereocenters. The Labute approximate surface area is 254 Å². The molecule has 1 aliphatic carbocycles. The number of carbonyl (C=O) groups excluding carboxylic acids is 1. The summed E-state index contributed by atoms with van der Waals surface area (Å²) in [6, 6.07) is 24.2. The van der Waals surface area contributed by atoms with Crippen LogP contribution in [0.1, 0.15) is 48.2 Å². The molecular formula is C36H41N5O2. The predicted molar refractivity (Wildman–Crippen MR) is 176 cm³/mol. The number of hydrogen-bond donors (Lipinski definition) is 2. The molecule has 4 aromatic rings. The van der Waals surface area contributed by atoms with E-state index in [2.05, 4.69) is 17.4 Å². The molecule has 3 N–H and O–H groups in total. The first kappa shape index (κ1) is 30.0. The van der Waals surface area contributed by atoms with Crippen molar-refractivity contribution in [1.82, 2.24) is 14.9 Å². The average molecular weight is 576 g/mol. The number of likely N-dealkylation sites (N-methyl/N-ethyl adjacent to an activating group) is 1. The lowest BCUT2D eigenvalue weighted by molar-refractivity contribution is -0.123. The minimum Gasteiger partial charge on any atom is -0.489 e. The van der Waals surface area contributed by atoms with Gasteiger partial charge in [-0.25, -0.2) is 9.97 Å². The van der Waals surface area contributed by atoms with Crippen molar-refractivity contribution in [1.29, 1.82) is 0 Å². The van der Waals surface area contributed by atoms with E-state index < -0.39 is 0 Å². The highest BCUT2D eigenvalue weighted by Gasteiger charge is 2.21. The molecule has 1 aromatic heterocycles. The monoisotopic (exact) mass is 575 g/mol. The Balaban J connectivity index is 1.34. The highest BCUT2D eigenvalue weighted by atomic mass is 16.5. The van der Waals surface area contributed by atoms with Crippen molar-refractivity contribution in [3.05, 3.63) is 101 Å². The number of benzene rings is 3. The fraction of sp³-hybridized carbons (Fsp3) is 0.306. The van der Waals surface area contributed by atoms with E-state index in [1.54, 1.807) is 25.1 Å². The third-order valence-corrected chi connectivity index (χ3v) is 7.93. The number of amides is 1. The number of aromatic nitrogens is 2. The second-order valence-corrected chi connectivity index (χ2v) is 11.5. The molecule has 1 saturated carbocycles. The molecule has 2 atom stereocenters. The summed E-state index contributed by atoms with van der Waals surface area (Å²) in [6.07, 6.45) is 12.2. The van der Waals surface area contributed by atoms with Crippen molar-refractivity contribution in [3.63, 3.8) is 0 Å². The van der Waals surface area contributed by atoms with Gasteiger partial charge in [0.1, 0.15) is 18.2 Å². The van der Waals surface area contributed by atoms with Crippen LogP contribution in [0.4, 0.5) is 5.82 Å². The van der Waals surface area contributed by atoms with Gasteiger partial charge in [-0.05, 0) is 90.8 Å². The molecule has 0 spiro atoms. The van der Waals surface area contributed by atoms with Crippen molar-refractivity contribution < 1.29 is 9.53 Å². The molecule has 5 rings (SSSR count). The molecule has 0 radical (unpaired) electrons. The molecule has 1 amide bonds. The Kier molecular flexibility index (Phi) is 10.2. The molecule has 1 heterocycles. The van der Waals surface area contributed by atoms with Crippen LogP contribution in [-0.2, 0) is 11.4 Å². The van der Waals surface area contributed by atoms with Crippen LogP contribution < -0.4 is 15.8 Å². The fourth-order valence-electron chi connectivity index (χ4n) is 5.42. The lowest BCUT2D eigenvalue weighted by Gasteiger charge is -2.28. The summed E-state index contributed by atoms with van der Waals surface area (Å²) in [6.45, 7) is 2.13. The summed E-state index contributed by atoms with van der Waals surface area (Å²) in [4.78, 5) is 23.4. The summed E-state index contributed by atoms with van der Waals surface area (Å²) in [5.41, 5.74) is 9.93. The fourth-order valence-corrected chi connectivity index (χ4v) is 5.42. The van der Waals surface area contributed by atoms with Gasteiger partial charge in [0, 0.05) is 32.1 Å². The van der Waals surface area contributed by atoms with Crippen LogP contribution in [0.15, 0.2) is 78.9 Å². The first-order valence-corrected chi connectivity index (χ1v) is 15.1. The molecule has 7 heteroatoms. The van der Waals surface area contributed by atoms with Crippen molar-refractivity contribution in [3.8, 4) is 5.75 Å². The van der Waals surface area contributed by atoms with Gasteiger partial charge in [0.25, 0.3) is 0 Å². The number of nitrogens with two attached hydrogens (primary N) is 1. The Morgan fingerprint density at radius 3 is 2.49 bits per heavy atom. The maximum Gasteiger partial charge on any atom is 0.246 e. The maximum absolute atomic E-state index is 12.1. The highest BCUT2D eigenvalue weighted by molar-refractivity contribution is 5.94. The number of fused-ring (bicyclic) bond motifs is 1. The Bertz CT molecular complexity index is 1560.